The molecular weight excluding hydrogens is 281 g/mol. The van der Waals surface area contributed by atoms with Crippen molar-refractivity contribution in [2.24, 2.45) is 3.34 Å². The van der Waals surface area contributed by atoms with Gasteiger partial charge in [0.2, 0.25) is 0 Å². The molecule has 0 bridgehead atoms. The molecule has 0 aliphatic carbocycles. The first kappa shape index (κ1) is 12.2. The van der Waals surface area contributed by atoms with Crippen LogP contribution in [0.2, 0.25) is 0 Å². The Hall–Kier alpha value is 0.500. The molecule has 0 aromatic carbocycles. The van der Waals surface area contributed by atoms with Crippen molar-refractivity contribution in [2.75, 3.05) is 13.6 Å². The minimum absolute atomic E-state index is 0.559. The van der Waals surface area contributed by atoms with Crippen LogP contribution in [0.5, 0.6) is 0 Å². The van der Waals surface area contributed by atoms with Gasteiger partial charge in [-0.15, -0.1) is 0 Å². The Bertz CT molecular complexity index is 53.0. The molecule has 0 saturated heterocycles. The van der Waals surface area contributed by atoms with Crippen LogP contribution in [-0.4, -0.2) is 19.6 Å². The summed E-state index contributed by atoms with van der Waals surface area (Å²) in [5.41, 5.74) is 0. The zero-order valence-corrected chi connectivity index (χ0v) is 9.84. The third kappa shape index (κ3) is 29.3. The topological polar surface area (TPSA) is 26.5 Å². The van der Waals surface area contributed by atoms with Gasteiger partial charge in [0.25, 0.3) is 0 Å². The van der Waals surface area contributed by atoms with Gasteiger partial charge in [0.05, 0.1) is 0 Å². The molecule has 0 aliphatic heterocycles. The number of hydrogen-bond acceptors (Lipinski definition) is 1. The van der Waals surface area contributed by atoms with Crippen LogP contribution in [0.15, 0.2) is 3.34 Å². The van der Waals surface area contributed by atoms with E-state index in [1.54, 1.807) is 7.05 Å². The molecule has 0 amide bonds. The van der Waals surface area contributed by atoms with Gasteiger partial charge in [0.15, 0.2) is 0 Å². The Morgan fingerprint density at radius 2 is 1.78 bits per heavy atom. The van der Waals surface area contributed by atoms with Crippen LogP contribution >= 0.6 is 0 Å². The van der Waals surface area contributed by atoms with Crippen LogP contribution in [0.25, 0.3) is 5.32 Å². The smallest absolute Gasteiger partial charge is 0.0844 e. The van der Waals surface area contributed by atoms with Gasteiger partial charge in [0.1, 0.15) is 0 Å². The standard InChI is InChI=1S/C3H8N.C3H7N.Ta/c1-3-4-2;1-3(2)4;/h3H2,1-2H3;3H,1-2H3;/q-1;;. The van der Waals surface area contributed by atoms with Crippen LogP contribution in [0, 0.1) is 0 Å². The molecule has 3 heteroatoms. The minimum atomic E-state index is 0.559. The molecule has 0 N–H and O–H groups in total. The molecule has 0 radical (unpaired) electrons. The molecule has 0 spiro atoms. The number of nitrogens with zero attached hydrogens (tertiary/aromatic N) is 2. The van der Waals surface area contributed by atoms with E-state index in [2.05, 4.69) is 22.5 Å². The number of hydrogen-bond donors (Lipinski definition) is 0. The Morgan fingerprint density at radius 1 is 1.56 bits per heavy atom. The zero-order chi connectivity index (χ0) is 7.70. The van der Waals surface area contributed by atoms with Crippen molar-refractivity contribution in [3.05, 3.63) is 5.32 Å². The van der Waals surface area contributed by atoms with Gasteiger partial charge in [-0.25, -0.2) is 0 Å². The molecule has 0 aromatic heterocycles. The first-order valence-electron chi connectivity index (χ1n) is 3.08. The zero-order valence-electron chi connectivity index (χ0n) is 6.63. The van der Waals surface area contributed by atoms with E-state index in [1.807, 2.05) is 6.92 Å². The summed E-state index contributed by atoms with van der Waals surface area (Å²) in [7, 11) is 1.81. The summed E-state index contributed by atoms with van der Waals surface area (Å²) in [6, 6.07) is 0.559. The fourth-order valence-corrected chi connectivity index (χ4v) is 0. The average Bonchev–Trinajstić information content (AvgIpc) is 1.89. The fourth-order valence-electron chi connectivity index (χ4n) is 0. The predicted octanol–water partition coefficient (Wildman–Crippen LogP) is 2.13. The predicted molar refractivity (Wildman–Crippen MR) is 37.4 cm³/mol. The Kier molecular flexibility index (Phi) is 15.3. The molecule has 0 saturated carbocycles. The molecule has 9 heavy (non-hydrogen) atoms. The van der Waals surface area contributed by atoms with Gasteiger partial charge in [-0.2, -0.15) is 13.6 Å². The maximum absolute atomic E-state index is 4.00. The SMILES string of the molecule is CC(C)[N]=[Ta].CC[N-]C. The van der Waals surface area contributed by atoms with Crippen LogP contribution < -0.4 is 0 Å². The van der Waals surface area contributed by atoms with Crippen molar-refractivity contribution >= 4 is 0 Å². The summed E-state index contributed by atoms with van der Waals surface area (Å²) >= 11 is 1.16. The molecule has 0 aromatic rings. The van der Waals surface area contributed by atoms with Crippen LogP contribution in [0.1, 0.15) is 20.8 Å². The fraction of sp³-hybridized carbons (Fsp3) is 1.00. The van der Waals surface area contributed by atoms with Gasteiger partial charge in [-0.05, 0) is 0 Å². The average molecular weight is 296 g/mol. The van der Waals surface area contributed by atoms with E-state index in [9.17, 15) is 0 Å². The van der Waals surface area contributed by atoms with Crippen molar-refractivity contribution < 1.29 is 20.9 Å². The summed E-state index contributed by atoms with van der Waals surface area (Å²) < 4.78 is 4.00. The second-order valence-corrected chi connectivity index (χ2v) is 2.67. The van der Waals surface area contributed by atoms with Crippen molar-refractivity contribution in [1.82, 2.24) is 0 Å². The minimum Gasteiger partial charge on any atom is -0.665 e. The van der Waals surface area contributed by atoms with Crippen molar-refractivity contribution in [2.45, 2.75) is 26.8 Å². The molecule has 2 nitrogen and oxygen atoms in total. The second-order valence-electron chi connectivity index (χ2n) is 1.84. The van der Waals surface area contributed by atoms with Crippen LogP contribution in [0.4, 0.5) is 0 Å². The van der Waals surface area contributed by atoms with Crippen molar-refractivity contribution in [3.8, 4) is 0 Å². The van der Waals surface area contributed by atoms with Crippen molar-refractivity contribution in [1.29, 1.82) is 0 Å². The molecule has 0 atom stereocenters. The van der Waals surface area contributed by atoms with Gasteiger partial charge < -0.3 is 5.32 Å². The first-order chi connectivity index (χ1) is 4.18. The van der Waals surface area contributed by atoms with E-state index in [1.165, 1.54) is 0 Å². The Balaban J connectivity index is 0. The molecular formula is C6H15N2Ta-. The quantitative estimate of drug-likeness (QED) is 0.746. The second kappa shape index (κ2) is 11.3. The molecule has 0 rings (SSSR count). The maximum Gasteiger partial charge on any atom is -0.0844 e. The molecule has 0 aliphatic rings. The summed E-state index contributed by atoms with van der Waals surface area (Å²) in [4.78, 5) is 0. The monoisotopic (exact) mass is 296 g/mol. The van der Waals surface area contributed by atoms with Crippen molar-refractivity contribution in [3.63, 3.8) is 0 Å². The van der Waals surface area contributed by atoms with Gasteiger partial charge in [0, 0.05) is 0 Å². The van der Waals surface area contributed by atoms with E-state index >= 15 is 0 Å². The first-order valence-corrected chi connectivity index (χ1v) is 4.52. The largest absolute Gasteiger partial charge is 0.665 e. The van der Waals surface area contributed by atoms with E-state index < -0.39 is 0 Å². The van der Waals surface area contributed by atoms with E-state index in [0.717, 1.165) is 27.4 Å². The molecule has 0 heterocycles. The molecule has 0 unspecified atom stereocenters. The van der Waals surface area contributed by atoms with E-state index in [-0.39, 0.29) is 0 Å². The Labute approximate surface area is 70.2 Å². The normalized spacial score (nSPS) is 8.00. The molecule has 0 fully saturated rings. The van der Waals surface area contributed by atoms with Gasteiger partial charge in [-0.3, -0.25) is 0 Å². The Morgan fingerprint density at radius 3 is 1.78 bits per heavy atom. The van der Waals surface area contributed by atoms with Gasteiger partial charge in [-0.1, -0.05) is 6.92 Å². The third-order valence-corrected chi connectivity index (χ3v) is 2.21. The molecule has 55 valence electrons. The summed E-state index contributed by atoms with van der Waals surface area (Å²) in [5.74, 6) is 0. The van der Waals surface area contributed by atoms with Crippen LogP contribution in [-0.2, 0) is 20.9 Å². The number of rotatable bonds is 2. The maximum atomic E-state index is 4.00. The summed E-state index contributed by atoms with van der Waals surface area (Å²) in [5, 5.41) is 3.74. The van der Waals surface area contributed by atoms with Crippen LogP contribution in [0.3, 0.4) is 0 Å². The summed E-state index contributed by atoms with van der Waals surface area (Å²) in [6.07, 6.45) is 0. The van der Waals surface area contributed by atoms with E-state index in [0.29, 0.717) is 6.04 Å². The van der Waals surface area contributed by atoms with Gasteiger partial charge >= 0.3 is 44.1 Å². The van der Waals surface area contributed by atoms with E-state index in [4.69, 9.17) is 0 Å². The third-order valence-electron chi connectivity index (χ3n) is 0.547. The summed E-state index contributed by atoms with van der Waals surface area (Å²) in [6.45, 7) is 7.12.